The molecule has 0 aliphatic heterocycles. The second kappa shape index (κ2) is 13.3. The molecule has 0 bridgehead atoms. The molecule has 0 aliphatic carbocycles. The van der Waals surface area contributed by atoms with Gasteiger partial charge in [0.25, 0.3) is 0 Å². The number of unbranched alkanes of at least 4 members (excludes halogenated alkanes) is 2. The first kappa shape index (κ1) is 22.4. The number of benzene rings is 2. The van der Waals surface area contributed by atoms with E-state index in [-0.39, 0.29) is 12.4 Å². The van der Waals surface area contributed by atoms with Crippen molar-refractivity contribution in [3.8, 4) is 5.75 Å². The number of rotatable bonds is 14. The summed E-state index contributed by atoms with van der Waals surface area (Å²) >= 11 is 0. The number of hydrogen-bond donors (Lipinski definition) is 4. The predicted octanol–water partition coefficient (Wildman–Crippen LogP) is 3.33. The Morgan fingerprint density at radius 2 is 1.71 bits per heavy atom. The van der Waals surface area contributed by atoms with Crippen molar-refractivity contribution < 1.29 is 20.1 Å². The minimum absolute atomic E-state index is 0.0497. The molecule has 5 nitrogen and oxygen atoms in total. The van der Waals surface area contributed by atoms with E-state index in [4.69, 9.17) is 4.74 Å². The van der Waals surface area contributed by atoms with Gasteiger partial charge in [-0.15, -0.1) is 0 Å². The van der Waals surface area contributed by atoms with Crippen molar-refractivity contribution in [3.05, 3.63) is 65.2 Å². The number of phenols is 1. The van der Waals surface area contributed by atoms with E-state index in [2.05, 4.69) is 29.6 Å². The van der Waals surface area contributed by atoms with Crippen molar-refractivity contribution in [2.24, 2.45) is 0 Å². The van der Waals surface area contributed by atoms with Crippen LogP contribution in [0.5, 0.6) is 5.75 Å². The second-order valence-electron chi connectivity index (χ2n) is 7.03. The average molecular weight is 388 g/mol. The lowest BCUT2D eigenvalue weighted by molar-refractivity contribution is 0.127. The van der Waals surface area contributed by atoms with E-state index in [1.54, 1.807) is 12.1 Å². The lowest BCUT2D eigenvalue weighted by Gasteiger charge is -2.14. The highest BCUT2D eigenvalue weighted by atomic mass is 16.5. The first-order valence-electron chi connectivity index (χ1n) is 10.1. The zero-order valence-electron chi connectivity index (χ0n) is 16.5. The van der Waals surface area contributed by atoms with Crippen LogP contribution in [0.3, 0.4) is 0 Å². The quantitative estimate of drug-likeness (QED) is 0.374. The van der Waals surface area contributed by atoms with Crippen LogP contribution in [0.2, 0.25) is 0 Å². The maximum absolute atomic E-state index is 10.2. The Morgan fingerprint density at radius 3 is 2.50 bits per heavy atom. The van der Waals surface area contributed by atoms with Crippen LogP contribution in [0.15, 0.2) is 48.5 Å². The molecule has 5 heteroatoms. The molecule has 28 heavy (non-hydrogen) atoms. The summed E-state index contributed by atoms with van der Waals surface area (Å²) in [4.78, 5) is 0. The van der Waals surface area contributed by atoms with Gasteiger partial charge < -0.3 is 25.4 Å². The van der Waals surface area contributed by atoms with Gasteiger partial charge in [0.15, 0.2) is 0 Å². The van der Waals surface area contributed by atoms with Gasteiger partial charge in [0.1, 0.15) is 5.75 Å². The largest absolute Gasteiger partial charge is 0.508 e. The third-order valence-corrected chi connectivity index (χ3v) is 4.74. The molecule has 2 aromatic carbocycles. The van der Waals surface area contributed by atoms with E-state index in [0.29, 0.717) is 17.7 Å². The van der Waals surface area contributed by atoms with Crippen molar-refractivity contribution >= 4 is 0 Å². The lowest BCUT2D eigenvalue weighted by atomic mass is 10.1. The van der Waals surface area contributed by atoms with Crippen molar-refractivity contribution in [1.29, 1.82) is 0 Å². The van der Waals surface area contributed by atoms with Gasteiger partial charge in [0.05, 0.1) is 12.7 Å². The van der Waals surface area contributed by atoms with Crippen LogP contribution in [0.1, 0.15) is 48.5 Å². The van der Waals surface area contributed by atoms with Crippen molar-refractivity contribution in [2.75, 3.05) is 26.3 Å². The molecule has 1 unspecified atom stereocenters. The van der Waals surface area contributed by atoms with E-state index in [9.17, 15) is 15.3 Å². The smallest absolute Gasteiger partial charge is 0.121 e. The summed E-state index contributed by atoms with van der Waals surface area (Å²) in [6.45, 7) is 2.66. The average Bonchev–Trinajstić information content (AvgIpc) is 2.73. The normalized spacial score (nSPS) is 12.2. The summed E-state index contributed by atoms with van der Waals surface area (Å²) < 4.78 is 5.69. The first-order valence-corrected chi connectivity index (χ1v) is 10.1. The Morgan fingerprint density at radius 1 is 0.929 bits per heavy atom. The second-order valence-corrected chi connectivity index (χ2v) is 7.03. The minimum Gasteiger partial charge on any atom is -0.508 e. The van der Waals surface area contributed by atoms with Crippen LogP contribution in [0, 0.1) is 0 Å². The molecule has 0 aliphatic rings. The summed E-state index contributed by atoms with van der Waals surface area (Å²) in [5.41, 5.74) is 2.48. The Hall–Kier alpha value is -1.92. The molecule has 4 N–H and O–H groups in total. The molecule has 0 aromatic heterocycles. The fourth-order valence-corrected chi connectivity index (χ4v) is 3.05. The molecule has 0 saturated carbocycles. The molecule has 1 atom stereocenters. The van der Waals surface area contributed by atoms with E-state index < -0.39 is 6.10 Å². The van der Waals surface area contributed by atoms with E-state index in [1.807, 2.05) is 6.07 Å². The fourth-order valence-electron chi connectivity index (χ4n) is 3.05. The fraction of sp³-hybridized carbons (Fsp3) is 0.478. The van der Waals surface area contributed by atoms with Gasteiger partial charge >= 0.3 is 0 Å². The Bertz CT molecular complexity index is 663. The predicted molar refractivity (Wildman–Crippen MR) is 111 cm³/mol. The number of aromatic hydroxyl groups is 1. The first-order chi connectivity index (χ1) is 13.7. The van der Waals surface area contributed by atoms with Crippen LogP contribution in [-0.4, -0.2) is 41.6 Å². The standard InChI is InChI=1S/C23H33NO4/c25-18-21-16-20(11-12-22(21)26)23(27)17-24-13-5-2-6-14-28-15-7-10-19-8-3-1-4-9-19/h1,3-4,8-9,11-12,16,23-27H,2,5-7,10,13-15,17-18H2. The number of aryl methyl sites for hydroxylation is 1. The molecular weight excluding hydrogens is 354 g/mol. The molecule has 0 radical (unpaired) electrons. The monoisotopic (exact) mass is 387 g/mol. The van der Waals surface area contributed by atoms with E-state index >= 15 is 0 Å². The number of aliphatic hydroxyl groups is 2. The highest BCUT2D eigenvalue weighted by molar-refractivity contribution is 5.36. The van der Waals surface area contributed by atoms with Gasteiger partial charge in [-0.05, 0) is 61.9 Å². The van der Waals surface area contributed by atoms with E-state index in [1.165, 1.54) is 11.6 Å². The summed E-state index contributed by atoms with van der Waals surface area (Å²) in [5.74, 6) is 0.0497. The highest BCUT2D eigenvalue weighted by Crippen LogP contribution is 2.22. The molecule has 0 heterocycles. The Labute approximate surface area is 168 Å². The molecule has 0 saturated heterocycles. The number of aliphatic hydroxyl groups excluding tert-OH is 2. The van der Waals surface area contributed by atoms with Crippen LogP contribution in [0.4, 0.5) is 0 Å². The maximum Gasteiger partial charge on any atom is 0.121 e. The molecule has 0 spiro atoms. The zero-order chi connectivity index (χ0) is 20.0. The van der Waals surface area contributed by atoms with Gasteiger partial charge in [-0.25, -0.2) is 0 Å². The number of hydrogen-bond acceptors (Lipinski definition) is 5. The zero-order valence-corrected chi connectivity index (χ0v) is 16.5. The van der Waals surface area contributed by atoms with Gasteiger partial charge in [-0.1, -0.05) is 36.4 Å². The third kappa shape index (κ3) is 8.40. The summed E-state index contributed by atoms with van der Waals surface area (Å²) in [7, 11) is 0. The minimum atomic E-state index is -0.654. The Kier molecular flexibility index (Phi) is 10.6. The molecule has 2 aromatic rings. The van der Waals surface area contributed by atoms with Crippen molar-refractivity contribution in [1.82, 2.24) is 5.32 Å². The number of ether oxygens (including phenoxy) is 1. The van der Waals surface area contributed by atoms with Crippen LogP contribution < -0.4 is 5.32 Å². The van der Waals surface area contributed by atoms with Crippen LogP contribution in [-0.2, 0) is 17.8 Å². The highest BCUT2D eigenvalue weighted by Gasteiger charge is 2.09. The van der Waals surface area contributed by atoms with Crippen LogP contribution >= 0.6 is 0 Å². The lowest BCUT2D eigenvalue weighted by Crippen LogP contribution is -2.22. The summed E-state index contributed by atoms with van der Waals surface area (Å²) in [6.07, 6.45) is 4.65. The van der Waals surface area contributed by atoms with Crippen molar-refractivity contribution in [2.45, 2.75) is 44.8 Å². The molecule has 2 rings (SSSR count). The molecular formula is C23H33NO4. The van der Waals surface area contributed by atoms with E-state index in [0.717, 1.165) is 51.9 Å². The molecule has 0 fully saturated rings. The topological polar surface area (TPSA) is 82.0 Å². The van der Waals surface area contributed by atoms with Crippen molar-refractivity contribution in [3.63, 3.8) is 0 Å². The SMILES string of the molecule is OCc1cc(C(O)CNCCCCCOCCCc2ccccc2)ccc1O. The number of nitrogens with one attached hydrogen (secondary N) is 1. The Balaban J connectivity index is 1.44. The van der Waals surface area contributed by atoms with Gasteiger partial charge in [-0.2, -0.15) is 0 Å². The van der Waals surface area contributed by atoms with Gasteiger partial charge in [0.2, 0.25) is 0 Å². The van der Waals surface area contributed by atoms with Crippen LogP contribution in [0.25, 0.3) is 0 Å². The summed E-state index contributed by atoms with van der Waals surface area (Å²) in [6, 6.07) is 15.3. The molecule has 0 amide bonds. The summed E-state index contributed by atoms with van der Waals surface area (Å²) in [5, 5.41) is 32.2. The van der Waals surface area contributed by atoms with Gasteiger partial charge in [0, 0.05) is 25.3 Å². The maximum atomic E-state index is 10.2. The third-order valence-electron chi connectivity index (χ3n) is 4.74. The van der Waals surface area contributed by atoms with Gasteiger partial charge in [-0.3, -0.25) is 0 Å². The molecule has 154 valence electrons.